The Morgan fingerprint density at radius 2 is 1.85 bits per heavy atom. The zero-order valence-electron chi connectivity index (χ0n) is 14.9. The van der Waals surface area contributed by atoms with Crippen LogP contribution in [0, 0.1) is 11.6 Å². The van der Waals surface area contributed by atoms with Gasteiger partial charge in [-0.15, -0.1) is 0 Å². The molecule has 2 aromatic carbocycles. The predicted octanol–water partition coefficient (Wildman–Crippen LogP) is 3.35. The number of halogens is 2. The fraction of sp³-hybridized carbons (Fsp3) is 0.429. The van der Waals surface area contributed by atoms with E-state index in [4.69, 9.17) is 4.74 Å². The molecular formula is C21H23F2NO3. The summed E-state index contributed by atoms with van der Waals surface area (Å²) >= 11 is 0. The number of rotatable bonds is 3. The molecule has 2 aromatic rings. The average Bonchev–Trinajstić information content (AvgIpc) is 2.66. The van der Waals surface area contributed by atoms with Crippen molar-refractivity contribution in [2.24, 2.45) is 0 Å². The summed E-state index contributed by atoms with van der Waals surface area (Å²) in [5.74, 6) is -1.13. The van der Waals surface area contributed by atoms with Crippen LogP contribution in [0.1, 0.15) is 42.6 Å². The van der Waals surface area contributed by atoms with Crippen molar-refractivity contribution < 1.29 is 23.7 Å². The van der Waals surface area contributed by atoms with E-state index in [0.29, 0.717) is 31.6 Å². The van der Waals surface area contributed by atoms with E-state index in [-0.39, 0.29) is 0 Å². The van der Waals surface area contributed by atoms with Gasteiger partial charge in [-0.25, -0.2) is 8.78 Å². The maximum Gasteiger partial charge on any atom is 0.159 e. The molecule has 0 saturated carbocycles. The van der Waals surface area contributed by atoms with Crippen LogP contribution in [0.2, 0.25) is 0 Å². The lowest BCUT2D eigenvalue weighted by atomic mass is 9.81. The molecular weight excluding hydrogens is 352 g/mol. The van der Waals surface area contributed by atoms with Crippen LogP contribution in [0.15, 0.2) is 42.5 Å². The van der Waals surface area contributed by atoms with E-state index in [9.17, 15) is 19.0 Å². The summed E-state index contributed by atoms with van der Waals surface area (Å²) in [6, 6.07) is 11.1. The highest BCUT2D eigenvalue weighted by atomic mass is 19.2. The molecule has 2 aliphatic heterocycles. The summed E-state index contributed by atoms with van der Waals surface area (Å²) in [4.78, 5) is 2.09. The normalized spacial score (nSPS) is 22.9. The highest BCUT2D eigenvalue weighted by Crippen LogP contribution is 2.44. The third-order valence-electron chi connectivity index (χ3n) is 5.70. The molecule has 6 heteroatoms. The first-order valence-corrected chi connectivity index (χ1v) is 9.27. The molecule has 4 nitrogen and oxygen atoms in total. The van der Waals surface area contributed by atoms with Gasteiger partial charge >= 0.3 is 0 Å². The van der Waals surface area contributed by atoms with E-state index in [1.54, 1.807) is 0 Å². The summed E-state index contributed by atoms with van der Waals surface area (Å²) in [5.41, 5.74) is 0.809. The number of β-amino-alcohol motifs (C(OH)–C–C–N with tert-alkyl or cyclic N) is 1. The Balaban J connectivity index is 1.38. The molecule has 1 fully saturated rings. The molecule has 144 valence electrons. The second-order valence-electron chi connectivity index (χ2n) is 7.53. The molecule has 0 aliphatic carbocycles. The zero-order valence-corrected chi connectivity index (χ0v) is 14.9. The van der Waals surface area contributed by atoms with Gasteiger partial charge in [-0.1, -0.05) is 24.3 Å². The first-order valence-electron chi connectivity index (χ1n) is 9.27. The quantitative estimate of drug-likeness (QED) is 0.864. The van der Waals surface area contributed by atoms with E-state index in [2.05, 4.69) is 4.90 Å². The fourth-order valence-electron chi connectivity index (χ4n) is 4.10. The van der Waals surface area contributed by atoms with Gasteiger partial charge in [-0.2, -0.15) is 0 Å². The van der Waals surface area contributed by atoms with Crippen molar-refractivity contribution in [3.63, 3.8) is 0 Å². The van der Waals surface area contributed by atoms with Gasteiger partial charge in [-0.05, 0) is 36.6 Å². The molecule has 0 bridgehead atoms. The molecule has 27 heavy (non-hydrogen) atoms. The van der Waals surface area contributed by atoms with Crippen LogP contribution in [-0.2, 0) is 0 Å². The molecule has 2 atom stereocenters. The van der Waals surface area contributed by atoms with Gasteiger partial charge in [0.2, 0.25) is 0 Å². The Kier molecular flexibility index (Phi) is 4.88. The molecule has 0 radical (unpaired) electrons. The lowest BCUT2D eigenvalue weighted by Gasteiger charge is -2.46. The molecule has 2 aliphatic rings. The van der Waals surface area contributed by atoms with Gasteiger partial charge in [0.15, 0.2) is 11.6 Å². The van der Waals surface area contributed by atoms with Gasteiger partial charge in [0.05, 0.1) is 12.2 Å². The number of para-hydroxylation sites is 1. The van der Waals surface area contributed by atoms with Crippen molar-refractivity contribution in [2.75, 3.05) is 19.6 Å². The van der Waals surface area contributed by atoms with Gasteiger partial charge in [-0.3, -0.25) is 0 Å². The predicted molar refractivity (Wildman–Crippen MR) is 96.4 cm³/mol. The fourth-order valence-corrected chi connectivity index (χ4v) is 4.10. The molecule has 2 unspecified atom stereocenters. The summed E-state index contributed by atoms with van der Waals surface area (Å²) in [6.07, 6.45) is 0.622. The Labute approximate surface area is 157 Å². The monoisotopic (exact) mass is 375 g/mol. The maximum absolute atomic E-state index is 13.4. The Hall–Kier alpha value is -2.02. The van der Waals surface area contributed by atoms with Crippen LogP contribution in [0.4, 0.5) is 8.78 Å². The van der Waals surface area contributed by atoms with Gasteiger partial charge < -0.3 is 19.8 Å². The Morgan fingerprint density at radius 3 is 2.59 bits per heavy atom. The van der Waals surface area contributed by atoms with Gasteiger partial charge in [0, 0.05) is 31.6 Å². The van der Waals surface area contributed by atoms with Gasteiger partial charge in [0.25, 0.3) is 0 Å². The van der Waals surface area contributed by atoms with Crippen LogP contribution >= 0.6 is 0 Å². The minimum atomic E-state index is -0.951. The largest absolute Gasteiger partial charge is 0.487 e. The van der Waals surface area contributed by atoms with E-state index in [1.807, 2.05) is 24.3 Å². The van der Waals surface area contributed by atoms with E-state index < -0.39 is 29.4 Å². The van der Waals surface area contributed by atoms with Crippen LogP contribution in [0.5, 0.6) is 5.75 Å². The molecule has 1 spiro atoms. The number of likely N-dealkylation sites (tertiary alicyclic amines) is 1. The first kappa shape index (κ1) is 18.3. The van der Waals surface area contributed by atoms with Crippen molar-refractivity contribution in [3.8, 4) is 5.75 Å². The van der Waals surface area contributed by atoms with Crippen molar-refractivity contribution in [2.45, 2.75) is 37.1 Å². The number of nitrogens with zero attached hydrogens (tertiary/aromatic N) is 1. The molecule has 0 aromatic heterocycles. The van der Waals surface area contributed by atoms with Crippen molar-refractivity contribution in [3.05, 3.63) is 65.2 Å². The number of hydrogen-bond donors (Lipinski definition) is 2. The Bertz CT molecular complexity index is 821. The number of hydrogen-bond acceptors (Lipinski definition) is 4. The summed E-state index contributed by atoms with van der Waals surface area (Å²) in [7, 11) is 0. The minimum Gasteiger partial charge on any atom is -0.487 e. The smallest absolute Gasteiger partial charge is 0.159 e. The lowest BCUT2D eigenvalue weighted by Crippen LogP contribution is -2.51. The second kappa shape index (κ2) is 7.19. The standard InChI is InChI=1S/C21H23F2NO3/c22-16-6-5-14(11-17(16)23)19(26)13-24-9-7-21(8-10-24)12-18(25)15-3-1-2-4-20(15)27-21/h1-6,11,18-19,25-26H,7-10,12-13H2. The SMILES string of the molecule is OC(CN1CCC2(CC1)CC(O)c1ccccc1O2)c1ccc(F)c(F)c1. The molecule has 4 rings (SSSR count). The summed E-state index contributed by atoms with van der Waals surface area (Å²) in [6.45, 7) is 1.76. The van der Waals surface area contributed by atoms with Crippen molar-refractivity contribution >= 4 is 0 Å². The highest BCUT2D eigenvalue weighted by Gasteiger charge is 2.42. The summed E-state index contributed by atoms with van der Waals surface area (Å²) < 4.78 is 32.7. The van der Waals surface area contributed by atoms with E-state index in [1.165, 1.54) is 6.07 Å². The van der Waals surface area contributed by atoms with E-state index in [0.717, 1.165) is 36.3 Å². The van der Waals surface area contributed by atoms with Crippen LogP contribution in [-0.4, -0.2) is 40.3 Å². The number of ether oxygens (including phenoxy) is 1. The number of piperidine rings is 1. The summed E-state index contributed by atoms with van der Waals surface area (Å²) in [5, 5.41) is 20.8. The number of benzene rings is 2. The van der Waals surface area contributed by atoms with E-state index >= 15 is 0 Å². The zero-order chi connectivity index (χ0) is 19.0. The minimum absolute atomic E-state index is 0.348. The van der Waals surface area contributed by atoms with Crippen molar-refractivity contribution in [1.29, 1.82) is 0 Å². The number of aliphatic hydroxyl groups excluding tert-OH is 2. The average molecular weight is 375 g/mol. The molecule has 2 heterocycles. The third-order valence-corrected chi connectivity index (χ3v) is 5.70. The third kappa shape index (κ3) is 3.70. The lowest BCUT2D eigenvalue weighted by molar-refractivity contribution is -0.0587. The van der Waals surface area contributed by atoms with Crippen LogP contribution in [0.25, 0.3) is 0 Å². The highest BCUT2D eigenvalue weighted by molar-refractivity contribution is 5.38. The molecule has 2 N–H and O–H groups in total. The Morgan fingerprint density at radius 1 is 1.11 bits per heavy atom. The van der Waals surface area contributed by atoms with Crippen LogP contribution < -0.4 is 4.74 Å². The second-order valence-corrected chi connectivity index (χ2v) is 7.53. The van der Waals surface area contributed by atoms with Crippen LogP contribution in [0.3, 0.4) is 0 Å². The molecule has 1 saturated heterocycles. The maximum atomic E-state index is 13.4. The molecule has 0 amide bonds. The number of aliphatic hydroxyl groups is 2. The van der Waals surface area contributed by atoms with Crippen molar-refractivity contribution in [1.82, 2.24) is 4.90 Å². The first-order chi connectivity index (χ1) is 13.0. The topological polar surface area (TPSA) is 52.9 Å². The van der Waals surface area contributed by atoms with Gasteiger partial charge in [0.1, 0.15) is 11.4 Å². The number of fused-ring (bicyclic) bond motifs is 1.